The fraction of sp³-hybridized carbons (Fsp3) is 0.250. The zero-order valence-corrected chi connectivity index (χ0v) is 14.3. The molecule has 3 nitrogen and oxygen atoms in total. The molecule has 122 valence electrons. The van der Waals surface area contributed by atoms with Crippen molar-refractivity contribution < 1.29 is 4.79 Å². The van der Waals surface area contributed by atoms with E-state index < -0.39 is 0 Å². The van der Waals surface area contributed by atoms with Crippen LogP contribution < -0.4 is 0 Å². The third-order valence-electron chi connectivity index (χ3n) is 4.64. The van der Waals surface area contributed by atoms with Gasteiger partial charge in [0.05, 0.1) is 0 Å². The highest BCUT2D eigenvalue weighted by molar-refractivity contribution is 7.17. The Bertz CT molecular complexity index is 835. The molecule has 0 saturated carbocycles. The van der Waals surface area contributed by atoms with Crippen LogP contribution in [0.1, 0.15) is 15.9 Å². The van der Waals surface area contributed by atoms with E-state index in [4.69, 9.17) is 0 Å². The largest absolute Gasteiger partial charge is 0.336 e. The van der Waals surface area contributed by atoms with Crippen LogP contribution in [0.15, 0.2) is 60.0 Å². The van der Waals surface area contributed by atoms with E-state index in [1.807, 2.05) is 46.6 Å². The number of piperazine rings is 1. The molecule has 0 N–H and O–H groups in total. The van der Waals surface area contributed by atoms with Crippen LogP contribution in [0, 0.1) is 0 Å². The summed E-state index contributed by atoms with van der Waals surface area (Å²) in [5.74, 6) is 0.149. The highest BCUT2D eigenvalue weighted by Crippen LogP contribution is 2.27. The van der Waals surface area contributed by atoms with Crippen LogP contribution in [-0.2, 0) is 6.54 Å². The van der Waals surface area contributed by atoms with Crippen LogP contribution in [0.25, 0.3) is 10.1 Å². The number of hydrogen-bond donors (Lipinski definition) is 0. The Kier molecular flexibility index (Phi) is 4.32. The number of nitrogens with zero attached hydrogens (tertiary/aromatic N) is 2. The summed E-state index contributed by atoms with van der Waals surface area (Å²) < 4.78 is 1.35. The van der Waals surface area contributed by atoms with Gasteiger partial charge in [0.2, 0.25) is 0 Å². The monoisotopic (exact) mass is 336 g/mol. The van der Waals surface area contributed by atoms with E-state index >= 15 is 0 Å². The van der Waals surface area contributed by atoms with Crippen LogP contribution in [-0.4, -0.2) is 41.9 Å². The lowest BCUT2D eigenvalue weighted by Gasteiger charge is -2.34. The standard InChI is InChI=1S/C20H20N2OS/c23-20(16-6-2-1-3-7-16)22-12-10-21(11-13-22)14-17-15-24-19-9-5-4-8-18(17)19/h1-9,15H,10-14H2. The Morgan fingerprint density at radius 1 is 0.917 bits per heavy atom. The SMILES string of the molecule is O=C(c1ccccc1)N1CCN(Cc2csc3ccccc23)CC1. The van der Waals surface area contributed by atoms with Gasteiger partial charge in [-0.25, -0.2) is 0 Å². The first-order chi connectivity index (χ1) is 11.8. The Balaban J connectivity index is 1.39. The van der Waals surface area contributed by atoms with Crippen LogP contribution >= 0.6 is 11.3 Å². The zero-order chi connectivity index (χ0) is 16.4. The summed E-state index contributed by atoms with van der Waals surface area (Å²) in [6.45, 7) is 4.44. The first-order valence-corrected chi connectivity index (χ1v) is 9.21. The summed E-state index contributed by atoms with van der Waals surface area (Å²) in [6.07, 6.45) is 0. The minimum Gasteiger partial charge on any atom is -0.336 e. The lowest BCUT2D eigenvalue weighted by Crippen LogP contribution is -2.48. The molecule has 1 amide bonds. The Hall–Kier alpha value is -2.17. The Morgan fingerprint density at radius 2 is 1.62 bits per heavy atom. The molecule has 2 aromatic carbocycles. The van der Waals surface area contributed by atoms with Gasteiger partial charge in [0.1, 0.15) is 0 Å². The highest BCUT2D eigenvalue weighted by atomic mass is 32.1. The summed E-state index contributed by atoms with van der Waals surface area (Å²) in [5, 5.41) is 3.64. The first-order valence-electron chi connectivity index (χ1n) is 8.33. The molecule has 24 heavy (non-hydrogen) atoms. The van der Waals surface area contributed by atoms with Crippen molar-refractivity contribution >= 4 is 27.3 Å². The third kappa shape index (κ3) is 3.07. The smallest absolute Gasteiger partial charge is 0.253 e. The van der Waals surface area contributed by atoms with Crippen molar-refractivity contribution in [1.82, 2.24) is 9.80 Å². The molecule has 3 aromatic rings. The summed E-state index contributed by atoms with van der Waals surface area (Å²) >= 11 is 1.81. The lowest BCUT2D eigenvalue weighted by atomic mass is 10.1. The van der Waals surface area contributed by atoms with Gasteiger partial charge in [-0.2, -0.15) is 0 Å². The third-order valence-corrected chi connectivity index (χ3v) is 5.65. The van der Waals surface area contributed by atoms with Crippen molar-refractivity contribution in [2.75, 3.05) is 26.2 Å². The molecule has 1 aliphatic heterocycles. The molecular weight excluding hydrogens is 316 g/mol. The van der Waals surface area contributed by atoms with E-state index in [2.05, 4.69) is 34.5 Å². The van der Waals surface area contributed by atoms with Gasteiger partial charge in [0, 0.05) is 43.0 Å². The second-order valence-electron chi connectivity index (χ2n) is 6.19. The quantitative estimate of drug-likeness (QED) is 0.725. The number of amides is 1. The Morgan fingerprint density at radius 3 is 2.42 bits per heavy atom. The molecule has 4 heteroatoms. The van der Waals surface area contributed by atoms with Crippen molar-refractivity contribution in [3.63, 3.8) is 0 Å². The number of hydrogen-bond acceptors (Lipinski definition) is 3. The molecule has 0 radical (unpaired) electrons. The number of fused-ring (bicyclic) bond motifs is 1. The van der Waals surface area contributed by atoms with Gasteiger partial charge < -0.3 is 4.90 Å². The average molecular weight is 336 g/mol. The molecule has 0 atom stereocenters. The second-order valence-corrected chi connectivity index (χ2v) is 7.10. The van der Waals surface area contributed by atoms with E-state index in [0.29, 0.717) is 0 Å². The van der Waals surface area contributed by atoms with Gasteiger partial charge in [0.15, 0.2) is 0 Å². The normalized spacial score (nSPS) is 15.8. The topological polar surface area (TPSA) is 23.6 Å². The van der Waals surface area contributed by atoms with Gasteiger partial charge >= 0.3 is 0 Å². The Labute approximate surface area is 146 Å². The van der Waals surface area contributed by atoms with Crippen LogP contribution in [0.4, 0.5) is 0 Å². The number of rotatable bonds is 3. The van der Waals surface area contributed by atoms with Crippen molar-refractivity contribution in [3.8, 4) is 0 Å². The van der Waals surface area contributed by atoms with Gasteiger partial charge in [0.25, 0.3) is 5.91 Å². The zero-order valence-electron chi connectivity index (χ0n) is 13.5. The minimum absolute atomic E-state index is 0.149. The predicted octanol–water partition coefficient (Wildman–Crippen LogP) is 3.86. The minimum atomic E-state index is 0.149. The molecular formula is C20H20N2OS. The fourth-order valence-electron chi connectivity index (χ4n) is 3.27. The molecule has 0 bridgehead atoms. The molecule has 1 aromatic heterocycles. The van der Waals surface area contributed by atoms with E-state index in [1.165, 1.54) is 15.6 Å². The molecule has 0 unspecified atom stereocenters. The average Bonchev–Trinajstić information content (AvgIpc) is 3.06. The molecule has 4 rings (SSSR count). The summed E-state index contributed by atoms with van der Waals surface area (Å²) in [7, 11) is 0. The second kappa shape index (κ2) is 6.75. The van der Waals surface area contributed by atoms with Crippen LogP contribution in [0.5, 0.6) is 0 Å². The molecule has 0 spiro atoms. The van der Waals surface area contributed by atoms with E-state index in [-0.39, 0.29) is 5.91 Å². The van der Waals surface area contributed by atoms with Crippen molar-refractivity contribution in [2.24, 2.45) is 0 Å². The van der Waals surface area contributed by atoms with Gasteiger partial charge in [-0.1, -0.05) is 36.4 Å². The van der Waals surface area contributed by atoms with Crippen LogP contribution in [0.3, 0.4) is 0 Å². The maximum Gasteiger partial charge on any atom is 0.253 e. The summed E-state index contributed by atoms with van der Waals surface area (Å²) in [6, 6.07) is 18.2. The van der Waals surface area contributed by atoms with Gasteiger partial charge in [-0.15, -0.1) is 11.3 Å². The number of thiophene rings is 1. The fourth-order valence-corrected chi connectivity index (χ4v) is 4.22. The lowest BCUT2D eigenvalue weighted by molar-refractivity contribution is 0.0629. The predicted molar refractivity (Wildman–Crippen MR) is 99.4 cm³/mol. The maximum absolute atomic E-state index is 12.5. The van der Waals surface area contributed by atoms with Crippen molar-refractivity contribution in [3.05, 3.63) is 71.1 Å². The summed E-state index contributed by atoms with van der Waals surface area (Å²) in [5.41, 5.74) is 2.19. The van der Waals surface area contributed by atoms with Crippen molar-refractivity contribution in [1.29, 1.82) is 0 Å². The van der Waals surface area contributed by atoms with Crippen LogP contribution in [0.2, 0.25) is 0 Å². The van der Waals surface area contributed by atoms with E-state index in [9.17, 15) is 4.79 Å². The molecule has 1 saturated heterocycles. The molecule has 1 fully saturated rings. The molecule has 1 aliphatic rings. The van der Waals surface area contributed by atoms with E-state index in [1.54, 1.807) is 0 Å². The first kappa shape index (κ1) is 15.4. The van der Waals surface area contributed by atoms with Gasteiger partial charge in [-0.05, 0) is 34.5 Å². The van der Waals surface area contributed by atoms with Gasteiger partial charge in [-0.3, -0.25) is 9.69 Å². The molecule has 0 aliphatic carbocycles. The van der Waals surface area contributed by atoms with E-state index in [0.717, 1.165) is 38.3 Å². The number of carbonyl (C=O) groups excluding carboxylic acids is 1. The van der Waals surface area contributed by atoms with Crippen molar-refractivity contribution in [2.45, 2.75) is 6.54 Å². The number of carbonyl (C=O) groups is 1. The number of benzene rings is 2. The summed E-state index contributed by atoms with van der Waals surface area (Å²) in [4.78, 5) is 16.9. The maximum atomic E-state index is 12.5. The molecule has 2 heterocycles. The highest BCUT2D eigenvalue weighted by Gasteiger charge is 2.22.